The van der Waals surface area contributed by atoms with Crippen molar-refractivity contribution in [3.05, 3.63) is 39.8 Å². The van der Waals surface area contributed by atoms with Crippen molar-refractivity contribution < 1.29 is 8.42 Å². The van der Waals surface area contributed by atoms with Gasteiger partial charge >= 0.3 is 0 Å². The summed E-state index contributed by atoms with van der Waals surface area (Å²) in [6.07, 6.45) is 2.62. The van der Waals surface area contributed by atoms with Crippen LogP contribution in [0, 0.1) is 0 Å². The quantitative estimate of drug-likeness (QED) is 0.847. The van der Waals surface area contributed by atoms with Gasteiger partial charge in [-0.3, -0.25) is 4.79 Å². The fourth-order valence-electron chi connectivity index (χ4n) is 1.60. The maximum absolute atomic E-state index is 12.1. The van der Waals surface area contributed by atoms with Crippen LogP contribution in [0.5, 0.6) is 0 Å². The molecule has 0 amide bonds. The highest BCUT2D eigenvalue weighted by Gasteiger charge is 2.09. The molecule has 0 aliphatic heterocycles. The molecule has 1 aromatic heterocycles. The van der Waals surface area contributed by atoms with Crippen molar-refractivity contribution in [2.24, 2.45) is 0 Å². The lowest BCUT2D eigenvalue weighted by Gasteiger charge is -2.05. The van der Waals surface area contributed by atoms with E-state index < -0.39 is 9.84 Å². The summed E-state index contributed by atoms with van der Waals surface area (Å²) >= 11 is 5.97. The molecule has 0 N–H and O–H groups in total. The van der Waals surface area contributed by atoms with Crippen LogP contribution in [0.15, 0.2) is 29.2 Å². The van der Waals surface area contributed by atoms with Crippen LogP contribution in [0.3, 0.4) is 0 Å². The average molecular weight is 287 g/mol. The normalized spacial score (nSPS) is 11.9. The summed E-state index contributed by atoms with van der Waals surface area (Å²) in [5.74, 6) is -0.129. The first-order valence-corrected chi connectivity index (χ1v) is 7.64. The summed E-state index contributed by atoms with van der Waals surface area (Å²) in [7, 11) is -3.14. The summed E-state index contributed by atoms with van der Waals surface area (Å²) in [6.45, 7) is 0.0266. The molecule has 0 spiro atoms. The number of benzene rings is 1. The fourth-order valence-corrected chi connectivity index (χ4v) is 2.37. The molecule has 0 atom stereocenters. The Morgan fingerprint density at radius 2 is 2.11 bits per heavy atom. The molecular weight excluding hydrogens is 276 g/mol. The summed E-state index contributed by atoms with van der Waals surface area (Å²) in [5, 5.41) is 5.28. The van der Waals surface area contributed by atoms with E-state index in [0.29, 0.717) is 15.8 Å². The van der Waals surface area contributed by atoms with Gasteiger partial charge in [-0.05, 0) is 6.07 Å². The van der Waals surface area contributed by atoms with E-state index in [0.717, 1.165) is 10.9 Å². The van der Waals surface area contributed by atoms with Crippen molar-refractivity contribution in [3.63, 3.8) is 0 Å². The molecule has 0 aliphatic carbocycles. The summed E-state index contributed by atoms with van der Waals surface area (Å²) in [5.41, 5.74) is -0.373. The molecule has 96 valence electrons. The standard InChI is InChI=1S/C11H11ClN2O3S/c1-18(16,17)6-5-14-11(15)10-8(7-13-14)3-2-4-9(10)12/h2-4,7H,5-6H2,1H3. The minimum atomic E-state index is -3.14. The van der Waals surface area contributed by atoms with Gasteiger partial charge in [0.15, 0.2) is 0 Å². The third-order valence-corrected chi connectivity index (χ3v) is 3.74. The number of hydrogen-bond donors (Lipinski definition) is 0. The lowest BCUT2D eigenvalue weighted by Crippen LogP contribution is -2.26. The Hall–Kier alpha value is -1.40. The molecule has 0 unspecified atom stereocenters. The van der Waals surface area contributed by atoms with Gasteiger partial charge in [-0.25, -0.2) is 13.1 Å². The van der Waals surface area contributed by atoms with Crippen LogP contribution in [0.1, 0.15) is 0 Å². The zero-order chi connectivity index (χ0) is 13.3. The molecule has 7 heteroatoms. The van der Waals surface area contributed by atoms with E-state index >= 15 is 0 Å². The zero-order valence-corrected chi connectivity index (χ0v) is 11.2. The molecular formula is C11H11ClN2O3S. The molecule has 18 heavy (non-hydrogen) atoms. The Balaban J connectivity index is 2.52. The SMILES string of the molecule is CS(=O)(=O)CCn1ncc2cccc(Cl)c2c1=O. The van der Waals surface area contributed by atoms with Crippen LogP contribution in [0.4, 0.5) is 0 Å². The number of rotatable bonds is 3. The van der Waals surface area contributed by atoms with Gasteiger partial charge in [-0.2, -0.15) is 5.10 Å². The van der Waals surface area contributed by atoms with Gasteiger partial charge in [-0.1, -0.05) is 23.7 Å². The number of aromatic nitrogens is 2. The van der Waals surface area contributed by atoms with E-state index in [9.17, 15) is 13.2 Å². The maximum atomic E-state index is 12.1. The van der Waals surface area contributed by atoms with E-state index in [-0.39, 0.29) is 17.9 Å². The second-order valence-electron chi connectivity index (χ2n) is 4.01. The van der Waals surface area contributed by atoms with Crippen molar-refractivity contribution in [3.8, 4) is 0 Å². The van der Waals surface area contributed by atoms with Crippen molar-refractivity contribution in [1.29, 1.82) is 0 Å². The summed E-state index contributed by atoms with van der Waals surface area (Å²) in [4.78, 5) is 12.1. The molecule has 1 aromatic carbocycles. The number of sulfone groups is 1. The monoisotopic (exact) mass is 286 g/mol. The smallest absolute Gasteiger partial charge is 0.267 e. The Morgan fingerprint density at radius 3 is 2.78 bits per heavy atom. The van der Waals surface area contributed by atoms with Gasteiger partial charge in [-0.15, -0.1) is 0 Å². The highest BCUT2D eigenvalue weighted by molar-refractivity contribution is 7.90. The second-order valence-corrected chi connectivity index (χ2v) is 6.67. The zero-order valence-electron chi connectivity index (χ0n) is 9.63. The summed E-state index contributed by atoms with van der Waals surface area (Å²) < 4.78 is 23.3. The Bertz CT molecular complexity index is 752. The molecule has 2 aromatic rings. The van der Waals surface area contributed by atoms with Gasteiger partial charge in [0.25, 0.3) is 5.56 Å². The van der Waals surface area contributed by atoms with Crippen molar-refractivity contribution in [1.82, 2.24) is 9.78 Å². The van der Waals surface area contributed by atoms with E-state index in [1.807, 2.05) is 0 Å². The molecule has 0 saturated heterocycles. The molecule has 1 heterocycles. The van der Waals surface area contributed by atoms with Crippen LogP contribution >= 0.6 is 11.6 Å². The van der Waals surface area contributed by atoms with Crippen LogP contribution in [0.2, 0.25) is 5.02 Å². The van der Waals surface area contributed by atoms with Crippen LogP contribution in [-0.4, -0.2) is 30.2 Å². The Labute approximate surface area is 109 Å². The highest BCUT2D eigenvalue weighted by atomic mass is 35.5. The predicted octanol–water partition coefficient (Wildman–Crippen LogP) is 1.09. The maximum Gasteiger partial charge on any atom is 0.276 e. The first-order valence-electron chi connectivity index (χ1n) is 5.20. The molecule has 0 bridgehead atoms. The van der Waals surface area contributed by atoms with Crippen LogP contribution < -0.4 is 5.56 Å². The summed E-state index contributed by atoms with van der Waals surface area (Å²) in [6, 6.07) is 5.08. The number of aryl methyl sites for hydroxylation is 1. The first kappa shape index (κ1) is 13.0. The van der Waals surface area contributed by atoms with E-state index in [1.165, 1.54) is 6.20 Å². The fraction of sp³-hybridized carbons (Fsp3) is 0.273. The van der Waals surface area contributed by atoms with E-state index in [1.54, 1.807) is 18.2 Å². The van der Waals surface area contributed by atoms with Gasteiger partial charge in [0.05, 0.1) is 28.9 Å². The number of nitrogens with zero attached hydrogens (tertiary/aromatic N) is 2. The molecule has 0 fully saturated rings. The van der Waals surface area contributed by atoms with Gasteiger partial charge in [0.1, 0.15) is 9.84 Å². The highest BCUT2D eigenvalue weighted by Crippen LogP contribution is 2.18. The molecule has 2 rings (SSSR count). The number of hydrogen-bond acceptors (Lipinski definition) is 4. The van der Waals surface area contributed by atoms with Crippen LogP contribution in [0.25, 0.3) is 10.8 Å². The van der Waals surface area contributed by atoms with E-state index in [4.69, 9.17) is 11.6 Å². The van der Waals surface area contributed by atoms with Crippen molar-refractivity contribution in [2.75, 3.05) is 12.0 Å². The minimum Gasteiger partial charge on any atom is -0.267 e. The number of halogens is 1. The third-order valence-electron chi connectivity index (χ3n) is 2.50. The molecule has 0 saturated carbocycles. The molecule has 0 aliphatic rings. The topological polar surface area (TPSA) is 69.0 Å². The Kier molecular flexibility index (Phi) is 3.41. The second kappa shape index (κ2) is 4.70. The average Bonchev–Trinajstić information content (AvgIpc) is 2.27. The van der Waals surface area contributed by atoms with Gasteiger partial charge < -0.3 is 0 Å². The minimum absolute atomic E-state index is 0.0266. The van der Waals surface area contributed by atoms with E-state index in [2.05, 4.69) is 5.10 Å². The largest absolute Gasteiger partial charge is 0.276 e. The van der Waals surface area contributed by atoms with Crippen molar-refractivity contribution >= 4 is 32.2 Å². The van der Waals surface area contributed by atoms with Gasteiger partial charge in [0, 0.05) is 11.6 Å². The molecule has 0 radical (unpaired) electrons. The van der Waals surface area contributed by atoms with Gasteiger partial charge in [0.2, 0.25) is 0 Å². The predicted molar refractivity (Wildman–Crippen MR) is 70.7 cm³/mol. The lowest BCUT2D eigenvalue weighted by molar-refractivity contribution is 0.578. The lowest BCUT2D eigenvalue weighted by atomic mass is 10.2. The number of fused-ring (bicyclic) bond motifs is 1. The Morgan fingerprint density at radius 1 is 1.39 bits per heavy atom. The third kappa shape index (κ3) is 2.70. The first-order chi connectivity index (χ1) is 8.38. The van der Waals surface area contributed by atoms with Crippen molar-refractivity contribution in [2.45, 2.75) is 6.54 Å². The van der Waals surface area contributed by atoms with Crippen LogP contribution in [-0.2, 0) is 16.4 Å². The molecule has 5 nitrogen and oxygen atoms in total.